The highest BCUT2D eigenvalue weighted by molar-refractivity contribution is 5.76. The predicted octanol–water partition coefficient (Wildman–Crippen LogP) is 2.30. The molecule has 0 fully saturated rings. The zero-order chi connectivity index (χ0) is 18.9. The van der Waals surface area contributed by atoms with Gasteiger partial charge in [0.2, 0.25) is 0 Å². The van der Waals surface area contributed by atoms with Crippen molar-refractivity contribution in [3.63, 3.8) is 0 Å². The quantitative estimate of drug-likeness (QED) is 0.611. The van der Waals surface area contributed by atoms with Gasteiger partial charge in [0, 0.05) is 12.1 Å². The Labute approximate surface area is 159 Å². The van der Waals surface area contributed by atoms with E-state index in [1.54, 1.807) is 13.4 Å². The molecule has 1 amide bonds. The van der Waals surface area contributed by atoms with Crippen LogP contribution in [0.5, 0.6) is 5.75 Å². The molecule has 0 saturated heterocycles. The number of rotatable bonds is 9. The summed E-state index contributed by atoms with van der Waals surface area (Å²) in [5, 5.41) is 4.97. The number of ether oxygens (including phenoxy) is 1. The summed E-state index contributed by atoms with van der Waals surface area (Å²) < 4.78 is 10.9. The van der Waals surface area contributed by atoms with Crippen molar-refractivity contribution in [1.82, 2.24) is 5.32 Å². The molecule has 2 aromatic carbocycles. The summed E-state index contributed by atoms with van der Waals surface area (Å²) in [6.07, 6.45) is 2.39. The van der Waals surface area contributed by atoms with Crippen molar-refractivity contribution < 1.29 is 19.3 Å². The molecule has 0 aliphatic rings. The summed E-state index contributed by atoms with van der Waals surface area (Å²) in [6.45, 7) is 0.899. The van der Waals surface area contributed by atoms with Gasteiger partial charge in [-0.2, -0.15) is 0 Å². The van der Waals surface area contributed by atoms with Gasteiger partial charge in [-0.15, -0.1) is 0 Å². The fourth-order valence-corrected chi connectivity index (χ4v) is 3.09. The second-order valence-corrected chi connectivity index (χ2v) is 6.26. The first-order valence-corrected chi connectivity index (χ1v) is 9.08. The van der Waals surface area contributed by atoms with Crippen LogP contribution in [-0.4, -0.2) is 26.1 Å². The Morgan fingerprint density at radius 1 is 1.07 bits per heavy atom. The maximum atomic E-state index is 12.3. The van der Waals surface area contributed by atoms with Crippen LogP contribution < -0.4 is 15.4 Å². The van der Waals surface area contributed by atoms with Crippen LogP contribution in [0.3, 0.4) is 0 Å². The highest BCUT2D eigenvalue weighted by Crippen LogP contribution is 2.18. The second-order valence-electron chi connectivity index (χ2n) is 6.26. The van der Waals surface area contributed by atoms with Crippen molar-refractivity contribution in [1.29, 1.82) is 0 Å². The molecule has 140 valence electrons. The number of methoxy groups -OCH3 is 1. The third-order valence-electron chi connectivity index (χ3n) is 4.46. The molecule has 1 aromatic heterocycles. The van der Waals surface area contributed by atoms with Crippen LogP contribution in [-0.2, 0) is 11.2 Å². The van der Waals surface area contributed by atoms with Crippen LogP contribution in [0.15, 0.2) is 77.4 Å². The number of benzene rings is 2. The maximum Gasteiger partial charge on any atom is 0.275 e. The van der Waals surface area contributed by atoms with Crippen molar-refractivity contribution in [2.75, 3.05) is 20.2 Å². The van der Waals surface area contributed by atoms with Gasteiger partial charge in [-0.1, -0.05) is 48.5 Å². The van der Waals surface area contributed by atoms with Crippen molar-refractivity contribution in [2.45, 2.75) is 12.5 Å². The van der Waals surface area contributed by atoms with Crippen LogP contribution in [0.25, 0.3) is 0 Å². The summed E-state index contributed by atoms with van der Waals surface area (Å²) in [7, 11) is 1.66. The van der Waals surface area contributed by atoms with Gasteiger partial charge in [0.1, 0.15) is 5.75 Å². The van der Waals surface area contributed by atoms with Gasteiger partial charge in [-0.05, 0) is 30.2 Å². The van der Waals surface area contributed by atoms with E-state index in [9.17, 15) is 4.79 Å². The largest absolute Gasteiger partial charge is 0.496 e. The average molecular weight is 365 g/mol. The lowest BCUT2D eigenvalue weighted by molar-refractivity contribution is -0.678. The minimum absolute atomic E-state index is 0.00242. The SMILES string of the molecule is COc1ccccc1CCNC(=O)C[NH2+][C@@H](c1ccccc1)c1ccco1. The molecule has 3 rings (SSSR count). The lowest BCUT2D eigenvalue weighted by Crippen LogP contribution is -2.87. The Bertz CT molecular complexity index is 832. The number of furan rings is 1. The van der Waals surface area contributed by atoms with Crippen molar-refractivity contribution in [3.8, 4) is 5.75 Å². The van der Waals surface area contributed by atoms with Crippen molar-refractivity contribution in [2.24, 2.45) is 0 Å². The van der Waals surface area contributed by atoms with E-state index in [-0.39, 0.29) is 11.9 Å². The third kappa shape index (κ3) is 5.21. The molecule has 5 heteroatoms. The highest BCUT2D eigenvalue weighted by atomic mass is 16.5. The molecule has 0 unspecified atom stereocenters. The Kier molecular flexibility index (Phi) is 6.66. The van der Waals surface area contributed by atoms with Crippen molar-refractivity contribution >= 4 is 5.91 Å². The molecule has 3 aromatic rings. The molecule has 0 spiro atoms. The Morgan fingerprint density at radius 2 is 1.85 bits per heavy atom. The van der Waals surface area contributed by atoms with E-state index in [4.69, 9.17) is 9.15 Å². The second kappa shape index (κ2) is 9.59. The first-order chi connectivity index (χ1) is 13.3. The molecular formula is C22H25N2O3+. The number of hydrogen-bond donors (Lipinski definition) is 2. The van der Waals surface area contributed by atoms with Crippen LogP contribution >= 0.6 is 0 Å². The van der Waals surface area contributed by atoms with E-state index in [1.807, 2.05) is 72.0 Å². The number of amides is 1. The molecule has 1 atom stereocenters. The van der Waals surface area contributed by atoms with E-state index in [2.05, 4.69) is 5.32 Å². The van der Waals surface area contributed by atoms with Gasteiger partial charge in [-0.25, -0.2) is 0 Å². The summed E-state index contributed by atoms with van der Waals surface area (Å²) in [4.78, 5) is 12.3. The van der Waals surface area contributed by atoms with Crippen LogP contribution in [0, 0.1) is 0 Å². The molecule has 27 heavy (non-hydrogen) atoms. The van der Waals surface area contributed by atoms with E-state index in [0.29, 0.717) is 13.1 Å². The molecule has 3 N–H and O–H groups in total. The lowest BCUT2D eigenvalue weighted by atomic mass is 10.0. The molecule has 0 aliphatic heterocycles. The van der Waals surface area contributed by atoms with Crippen molar-refractivity contribution in [3.05, 3.63) is 89.9 Å². The molecule has 5 nitrogen and oxygen atoms in total. The van der Waals surface area contributed by atoms with Crippen LogP contribution in [0.2, 0.25) is 0 Å². The standard InChI is InChI=1S/C22H24N2O3/c1-26-19-11-6-5-8-17(19)13-14-23-21(25)16-24-22(20-12-7-15-27-20)18-9-3-2-4-10-18/h2-12,15,22,24H,13-14,16H2,1H3,(H,23,25)/p+1/t22-/m0/s1. The van der Waals surface area contributed by atoms with Crippen LogP contribution in [0.1, 0.15) is 22.9 Å². The number of carbonyl (C=O) groups is 1. The molecule has 0 saturated carbocycles. The Hall–Kier alpha value is -3.05. The van der Waals surface area contributed by atoms with Gasteiger partial charge in [0.25, 0.3) is 5.91 Å². The monoisotopic (exact) mass is 365 g/mol. The van der Waals surface area contributed by atoms with Gasteiger partial charge < -0.3 is 19.8 Å². The average Bonchev–Trinajstić information content (AvgIpc) is 3.24. The maximum absolute atomic E-state index is 12.3. The number of hydrogen-bond acceptors (Lipinski definition) is 3. The predicted molar refractivity (Wildman–Crippen MR) is 103 cm³/mol. The Balaban J connectivity index is 1.52. The van der Waals surface area contributed by atoms with Gasteiger partial charge in [0.05, 0.1) is 13.4 Å². The van der Waals surface area contributed by atoms with Gasteiger partial charge >= 0.3 is 0 Å². The number of carbonyl (C=O) groups excluding carboxylic acids is 1. The van der Waals surface area contributed by atoms with Crippen LogP contribution in [0.4, 0.5) is 0 Å². The molecule has 0 radical (unpaired) electrons. The van der Waals surface area contributed by atoms with E-state index in [0.717, 1.165) is 29.1 Å². The van der Waals surface area contributed by atoms with E-state index < -0.39 is 0 Å². The molecule has 1 heterocycles. The molecular weight excluding hydrogens is 340 g/mol. The zero-order valence-corrected chi connectivity index (χ0v) is 15.4. The first-order valence-electron chi connectivity index (χ1n) is 9.08. The summed E-state index contributed by atoms with van der Waals surface area (Å²) in [5.41, 5.74) is 2.19. The minimum Gasteiger partial charge on any atom is -0.496 e. The van der Waals surface area contributed by atoms with E-state index >= 15 is 0 Å². The van der Waals surface area contributed by atoms with E-state index in [1.165, 1.54) is 0 Å². The number of nitrogens with two attached hydrogens (primary N) is 1. The number of para-hydroxylation sites is 1. The summed E-state index contributed by atoms with van der Waals surface area (Å²) in [5.74, 6) is 1.68. The summed E-state index contributed by atoms with van der Waals surface area (Å²) in [6, 6.07) is 21.7. The Morgan fingerprint density at radius 3 is 2.59 bits per heavy atom. The zero-order valence-electron chi connectivity index (χ0n) is 15.4. The fourth-order valence-electron chi connectivity index (χ4n) is 3.09. The van der Waals surface area contributed by atoms with Gasteiger partial charge in [-0.3, -0.25) is 4.79 Å². The third-order valence-corrected chi connectivity index (χ3v) is 4.46. The lowest BCUT2D eigenvalue weighted by Gasteiger charge is -2.14. The smallest absolute Gasteiger partial charge is 0.275 e. The minimum atomic E-state index is -0.0406. The highest BCUT2D eigenvalue weighted by Gasteiger charge is 2.21. The molecule has 0 aliphatic carbocycles. The fraction of sp³-hybridized carbons (Fsp3) is 0.227. The molecule has 0 bridgehead atoms. The summed E-state index contributed by atoms with van der Waals surface area (Å²) >= 11 is 0. The topological polar surface area (TPSA) is 68.1 Å². The normalized spacial score (nSPS) is 11.7. The first kappa shape index (κ1) is 18.7. The number of nitrogens with one attached hydrogen (secondary N) is 1. The van der Waals surface area contributed by atoms with Gasteiger partial charge in [0.15, 0.2) is 18.3 Å². The number of quaternary nitrogens is 1.